The number of amides is 2. The van der Waals surface area contributed by atoms with Crippen LogP contribution >= 0.6 is 0 Å². The lowest BCUT2D eigenvalue weighted by atomic mass is 10.2. The van der Waals surface area contributed by atoms with Gasteiger partial charge in [0.1, 0.15) is 5.75 Å². The van der Waals surface area contributed by atoms with Crippen LogP contribution in [0.1, 0.15) is 15.9 Å². The topological polar surface area (TPSA) is 79.5 Å². The van der Waals surface area contributed by atoms with E-state index in [0.29, 0.717) is 17.9 Å². The number of carbonyl (C=O) groups excluding carboxylic acids is 2. The standard InChI is InChI=1S/C24H25N3O3/c1-25-24(29)19-10-12-20(13-11-19)27-23(28)17-26-21-8-5-9-22(16-21)30-15-14-18-6-3-2-4-7-18/h2-13,16,26H,14-15,17H2,1H3,(H,25,29)(H,27,28). The van der Waals surface area contributed by atoms with Crippen molar-refractivity contribution in [3.05, 3.63) is 90.0 Å². The number of rotatable bonds is 9. The molecule has 0 atom stereocenters. The van der Waals surface area contributed by atoms with Gasteiger partial charge < -0.3 is 20.7 Å². The van der Waals surface area contributed by atoms with E-state index in [4.69, 9.17) is 4.74 Å². The van der Waals surface area contributed by atoms with Crippen LogP contribution in [0, 0.1) is 0 Å². The monoisotopic (exact) mass is 403 g/mol. The van der Waals surface area contributed by atoms with Gasteiger partial charge in [0.15, 0.2) is 0 Å². The molecule has 0 unspecified atom stereocenters. The third-order valence-electron chi connectivity index (χ3n) is 4.45. The summed E-state index contributed by atoms with van der Waals surface area (Å²) < 4.78 is 5.82. The van der Waals surface area contributed by atoms with Crippen LogP contribution in [0.2, 0.25) is 0 Å². The Bertz CT molecular complexity index is 973. The van der Waals surface area contributed by atoms with E-state index in [2.05, 4.69) is 28.1 Å². The van der Waals surface area contributed by atoms with Gasteiger partial charge in [-0.05, 0) is 42.0 Å². The Morgan fingerprint density at radius 2 is 1.63 bits per heavy atom. The lowest BCUT2D eigenvalue weighted by Gasteiger charge is -2.11. The van der Waals surface area contributed by atoms with E-state index in [1.807, 2.05) is 42.5 Å². The molecule has 0 heterocycles. The first kappa shape index (κ1) is 20.9. The largest absolute Gasteiger partial charge is 0.493 e. The molecule has 2 amide bonds. The van der Waals surface area contributed by atoms with E-state index in [0.717, 1.165) is 17.9 Å². The summed E-state index contributed by atoms with van der Waals surface area (Å²) in [6, 6.07) is 24.4. The van der Waals surface area contributed by atoms with Gasteiger partial charge in [-0.1, -0.05) is 36.4 Å². The Balaban J connectivity index is 1.45. The van der Waals surface area contributed by atoms with Crippen LogP contribution in [0.15, 0.2) is 78.9 Å². The summed E-state index contributed by atoms with van der Waals surface area (Å²) in [4.78, 5) is 23.7. The van der Waals surface area contributed by atoms with E-state index in [-0.39, 0.29) is 18.4 Å². The Morgan fingerprint density at radius 1 is 0.867 bits per heavy atom. The molecule has 0 aliphatic heterocycles. The molecule has 6 nitrogen and oxygen atoms in total. The summed E-state index contributed by atoms with van der Waals surface area (Å²) in [6.07, 6.45) is 0.833. The van der Waals surface area contributed by atoms with Crippen LogP contribution in [0.4, 0.5) is 11.4 Å². The first-order chi connectivity index (χ1) is 14.6. The van der Waals surface area contributed by atoms with Crippen molar-refractivity contribution in [1.82, 2.24) is 5.32 Å². The van der Waals surface area contributed by atoms with Crippen molar-refractivity contribution in [3.63, 3.8) is 0 Å². The SMILES string of the molecule is CNC(=O)c1ccc(NC(=O)CNc2cccc(OCCc3ccccc3)c2)cc1. The predicted octanol–water partition coefficient (Wildman–Crippen LogP) is 3.72. The van der Waals surface area contributed by atoms with Crippen LogP contribution in [-0.4, -0.2) is 32.0 Å². The Morgan fingerprint density at radius 3 is 2.37 bits per heavy atom. The lowest BCUT2D eigenvalue weighted by molar-refractivity contribution is -0.114. The molecule has 0 bridgehead atoms. The number of hydrogen-bond donors (Lipinski definition) is 3. The zero-order chi connectivity index (χ0) is 21.2. The maximum absolute atomic E-state index is 12.2. The maximum atomic E-state index is 12.2. The quantitative estimate of drug-likeness (QED) is 0.509. The minimum absolute atomic E-state index is 0.116. The van der Waals surface area contributed by atoms with E-state index < -0.39 is 0 Å². The fourth-order valence-electron chi connectivity index (χ4n) is 2.86. The summed E-state index contributed by atoms with van der Waals surface area (Å²) in [5, 5.41) is 8.45. The summed E-state index contributed by atoms with van der Waals surface area (Å²) in [5.41, 5.74) is 3.20. The number of benzene rings is 3. The van der Waals surface area contributed by atoms with Gasteiger partial charge in [-0.2, -0.15) is 0 Å². The second-order valence-electron chi connectivity index (χ2n) is 6.67. The molecule has 154 valence electrons. The number of anilines is 2. The molecule has 3 aromatic rings. The van der Waals surface area contributed by atoms with Gasteiger partial charge in [0.25, 0.3) is 5.91 Å². The van der Waals surface area contributed by atoms with E-state index in [1.54, 1.807) is 31.3 Å². The molecule has 0 aliphatic rings. The Labute approximate surface area is 176 Å². The summed E-state index contributed by atoms with van der Waals surface area (Å²) >= 11 is 0. The fourth-order valence-corrected chi connectivity index (χ4v) is 2.86. The van der Waals surface area contributed by atoms with Crippen molar-refractivity contribution in [2.24, 2.45) is 0 Å². The second-order valence-corrected chi connectivity index (χ2v) is 6.67. The molecule has 3 rings (SSSR count). The molecule has 0 spiro atoms. The highest BCUT2D eigenvalue weighted by molar-refractivity contribution is 5.96. The minimum Gasteiger partial charge on any atom is -0.493 e. The highest BCUT2D eigenvalue weighted by Crippen LogP contribution is 2.18. The average Bonchev–Trinajstić information content (AvgIpc) is 2.79. The molecular formula is C24H25N3O3. The zero-order valence-electron chi connectivity index (χ0n) is 16.9. The summed E-state index contributed by atoms with van der Waals surface area (Å²) in [6.45, 7) is 0.699. The molecular weight excluding hydrogens is 378 g/mol. The van der Waals surface area contributed by atoms with Crippen molar-refractivity contribution in [2.45, 2.75) is 6.42 Å². The highest BCUT2D eigenvalue weighted by Gasteiger charge is 2.06. The smallest absolute Gasteiger partial charge is 0.251 e. The summed E-state index contributed by atoms with van der Waals surface area (Å²) in [7, 11) is 1.58. The van der Waals surface area contributed by atoms with Crippen molar-refractivity contribution in [1.29, 1.82) is 0 Å². The van der Waals surface area contributed by atoms with Gasteiger partial charge in [-0.15, -0.1) is 0 Å². The molecule has 3 N–H and O–H groups in total. The molecule has 0 saturated heterocycles. The second kappa shape index (κ2) is 10.7. The lowest BCUT2D eigenvalue weighted by Crippen LogP contribution is -2.22. The summed E-state index contributed by atoms with van der Waals surface area (Å²) in [5.74, 6) is 0.402. The number of hydrogen-bond acceptors (Lipinski definition) is 4. The fraction of sp³-hybridized carbons (Fsp3) is 0.167. The zero-order valence-corrected chi connectivity index (χ0v) is 16.9. The molecule has 0 radical (unpaired) electrons. The maximum Gasteiger partial charge on any atom is 0.251 e. The van der Waals surface area contributed by atoms with Gasteiger partial charge in [0.05, 0.1) is 13.2 Å². The third kappa shape index (κ3) is 6.38. The first-order valence-electron chi connectivity index (χ1n) is 9.77. The van der Waals surface area contributed by atoms with E-state index in [9.17, 15) is 9.59 Å². The average molecular weight is 403 g/mol. The molecule has 0 aliphatic carbocycles. The molecule has 3 aromatic carbocycles. The van der Waals surface area contributed by atoms with Gasteiger partial charge in [0, 0.05) is 36.5 Å². The van der Waals surface area contributed by atoms with Gasteiger partial charge in [-0.25, -0.2) is 0 Å². The van der Waals surface area contributed by atoms with Crippen LogP contribution < -0.4 is 20.7 Å². The van der Waals surface area contributed by atoms with Crippen LogP contribution in [0.25, 0.3) is 0 Å². The minimum atomic E-state index is -0.182. The molecule has 6 heteroatoms. The molecule has 30 heavy (non-hydrogen) atoms. The van der Waals surface area contributed by atoms with Gasteiger partial charge in [0.2, 0.25) is 5.91 Å². The normalized spacial score (nSPS) is 10.2. The number of ether oxygens (including phenoxy) is 1. The van der Waals surface area contributed by atoms with E-state index >= 15 is 0 Å². The Kier molecular flexibility index (Phi) is 7.44. The van der Waals surface area contributed by atoms with Crippen molar-refractivity contribution < 1.29 is 14.3 Å². The van der Waals surface area contributed by atoms with Crippen molar-refractivity contribution in [3.8, 4) is 5.75 Å². The molecule has 0 saturated carbocycles. The Hall–Kier alpha value is -3.80. The van der Waals surface area contributed by atoms with Crippen LogP contribution in [-0.2, 0) is 11.2 Å². The van der Waals surface area contributed by atoms with Crippen molar-refractivity contribution >= 4 is 23.2 Å². The van der Waals surface area contributed by atoms with E-state index in [1.165, 1.54) is 5.56 Å². The predicted molar refractivity (Wildman–Crippen MR) is 119 cm³/mol. The highest BCUT2D eigenvalue weighted by atomic mass is 16.5. The van der Waals surface area contributed by atoms with Crippen LogP contribution in [0.5, 0.6) is 5.75 Å². The van der Waals surface area contributed by atoms with Gasteiger partial charge >= 0.3 is 0 Å². The van der Waals surface area contributed by atoms with Gasteiger partial charge in [-0.3, -0.25) is 9.59 Å². The molecule has 0 aromatic heterocycles. The van der Waals surface area contributed by atoms with Crippen LogP contribution in [0.3, 0.4) is 0 Å². The third-order valence-corrected chi connectivity index (χ3v) is 4.45. The first-order valence-corrected chi connectivity index (χ1v) is 9.77. The number of nitrogens with one attached hydrogen (secondary N) is 3. The number of carbonyl (C=O) groups is 2. The molecule has 0 fully saturated rings. The van der Waals surface area contributed by atoms with Crippen molar-refractivity contribution in [2.75, 3.05) is 30.8 Å².